The Hall–Kier alpha value is -2.28. The van der Waals surface area contributed by atoms with Crippen LogP contribution in [-0.4, -0.2) is 79.3 Å². The third kappa shape index (κ3) is 6.10. The number of hydrogen-bond donors (Lipinski definition) is 2. The first kappa shape index (κ1) is 23.0. The van der Waals surface area contributed by atoms with Crippen LogP contribution >= 0.6 is 22.9 Å². The van der Waals surface area contributed by atoms with Gasteiger partial charge in [0.15, 0.2) is 5.15 Å². The molecule has 29 heavy (non-hydrogen) atoms. The Morgan fingerprint density at radius 1 is 1.31 bits per heavy atom. The molecular weight excluding hydrogens is 426 g/mol. The van der Waals surface area contributed by atoms with E-state index in [1.54, 1.807) is 16.5 Å². The van der Waals surface area contributed by atoms with Crippen molar-refractivity contribution in [2.75, 3.05) is 26.9 Å². The van der Waals surface area contributed by atoms with Gasteiger partial charge in [-0.15, -0.1) is 0 Å². The number of rotatable bonds is 6. The fourth-order valence-corrected chi connectivity index (χ4v) is 3.89. The smallest absolute Gasteiger partial charge is 0.414 e. The average molecular weight is 448 g/mol. The molecule has 0 aromatic carbocycles. The lowest BCUT2D eigenvalue weighted by atomic mass is 10.2. The van der Waals surface area contributed by atoms with E-state index in [1.165, 1.54) is 11.3 Å². The van der Waals surface area contributed by atoms with Crippen LogP contribution in [0.15, 0.2) is 0 Å². The lowest BCUT2D eigenvalue weighted by Gasteiger charge is -2.19. The monoisotopic (exact) mass is 447 g/mol. The molecule has 160 valence electrons. The number of hydrogen-bond acceptors (Lipinski definition) is 8. The molecule has 0 unspecified atom stereocenters. The van der Waals surface area contributed by atoms with Crippen LogP contribution in [-0.2, 0) is 32.3 Å². The topological polar surface area (TPSA) is 138 Å². The van der Waals surface area contributed by atoms with Crippen molar-refractivity contribution < 1.29 is 29.3 Å². The molecular formula is C16H22ClN5O6S. The Morgan fingerprint density at radius 2 is 1.97 bits per heavy atom. The summed E-state index contributed by atoms with van der Waals surface area (Å²) in [5.74, 6) is -3.00. The maximum atomic E-state index is 12.2. The summed E-state index contributed by atoms with van der Waals surface area (Å²) >= 11 is 7.68. The number of imidazole rings is 1. The normalized spacial score (nSPS) is 14.5. The van der Waals surface area contributed by atoms with Crippen molar-refractivity contribution in [3.05, 3.63) is 15.9 Å². The van der Waals surface area contributed by atoms with Crippen molar-refractivity contribution in [2.24, 2.45) is 5.92 Å². The van der Waals surface area contributed by atoms with Crippen molar-refractivity contribution in [1.82, 2.24) is 24.4 Å². The zero-order valence-electron chi connectivity index (χ0n) is 16.2. The van der Waals surface area contributed by atoms with E-state index in [1.807, 2.05) is 0 Å². The molecule has 0 spiro atoms. The van der Waals surface area contributed by atoms with Gasteiger partial charge in [0, 0.05) is 13.7 Å². The van der Waals surface area contributed by atoms with Crippen LogP contribution in [0.1, 0.15) is 24.5 Å². The van der Waals surface area contributed by atoms with Gasteiger partial charge in [-0.05, 0) is 5.92 Å². The lowest BCUT2D eigenvalue weighted by Crippen LogP contribution is -2.29. The number of halogens is 1. The van der Waals surface area contributed by atoms with Gasteiger partial charge in [0.25, 0.3) is 0 Å². The standard InChI is InChI=1S/C14H20ClN5O2S.C2H2O4/c1-9(2)4-18-6-12(21)19(8-18)5-10-13(15)16-14-20(10)17-11(23-14)7-22-3;3-1(4)2(5)6/h9H,4-8H2,1-3H3;(H,3,4)(H,5,6). The molecule has 1 saturated heterocycles. The Labute approximate surface area is 175 Å². The molecule has 3 heterocycles. The minimum atomic E-state index is -1.82. The molecule has 13 heteroatoms. The van der Waals surface area contributed by atoms with E-state index in [0.717, 1.165) is 22.2 Å². The van der Waals surface area contributed by atoms with Gasteiger partial charge < -0.3 is 19.8 Å². The number of carboxylic acids is 2. The van der Waals surface area contributed by atoms with Crippen molar-refractivity contribution in [3.8, 4) is 0 Å². The molecule has 11 nitrogen and oxygen atoms in total. The van der Waals surface area contributed by atoms with E-state index in [-0.39, 0.29) is 5.91 Å². The first-order valence-electron chi connectivity index (χ1n) is 8.60. The second-order valence-corrected chi connectivity index (χ2v) is 8.12. The summed E-state index contributed by atoms with van der Waals surface area (Å²) in [6.07, 6.45) is 0. The van der Waals surface area contributed by atoms with Crippen LogP contribution in [0.2, 0.25) is 5.15 Å². The first-order valence-corrected chi connectivity index (χ1v) is 9.79. The molecule has 1 amide bonds. The maximum Gasteiger partial charge on any atom is 0.414 e. The summed E-state index contributed by atoms with van der Waals surface area (Å²) in [6, 6.07) is 0. The number of carbonyl (C=O) groups excluding carboxylic acids is 1. The van der Waals surface area contributed by atoms with E-state index in [9.17, 15) is 4.79 Å². The molecule has 0 saturated carbocycles. The largest absolute Gasteiger partial charge is 0.473 e. The fourth-order valence-electron chi connectivity index (χ4n) is 2.74. The summed E-state index contributed by atoms with van der Waals surface area (Å²) in [5, 5.41) is 20.5. The first-order chi connectivity index (χ1) is 13.6. The van der Waals surface area contributed by atoms with Crippen LogP contribution in [0.3, 0.4) is 0 Å². The van der Waals surface area contributed by atoms with Gasteiger partial charge in [0.05, 0.1) is 26.4 Å². The minimum Gasteiger partial charge on any atom is -0.473 e. The molecule has 0 bridgehead atoms. The number of aliphatic carboxylic acids is 2. The van der Waals surface area contributed by atoms with E-state index in [4.69, 9.17) is 36.1 Å². The molecule has 1 aliphatic heterocycles. The number of fused-ring (bicyclic) bond motifs is 1. The molecule has 2 N–H and O–H groups in total. The van der Waals surface area contributed by atoms with Gasteiger partial charge in [0.1, 0.15) is 10.7 Å². The third-order valence-corrected chi connectivity index (χ3v) is 4.97. The second kappa shape index (κ2) is 9.96. The van der Waals surface area contributed by atoms with Crippen LogP contribution < -0.4 is 0 Å². The summed E-state index contributed by atoms with van der Waals surface area (Å²) < 4.78 is 6.82. The Bertz CT molecular complexity index is 886. The van der Waals surface area contributed by atoms with Gasteiger partial charge in [-0.25, -0.2) is 19.1 Å². The fraction of sp³-hybridized carbons (Fsp3) is 0.562. The second-order valence-electron chi connectivity index (χ2n) is 6.72. The lowest BCUT2D eigenvalue weighted by molar-refractivity contribution is -0.159. The Morgan fingerprint density at radius 3 is 2.52 bits per heavy atom. The van der Waals surface area contributed by atoms with Gasteiger partial charge >= 0.3 is 11.9 Å². The van der Waals surface area contributed by atoms with Gasteiger partial charge in [-0.3, -0.25) is 9.69 Å². The third-order valence-electron chi connectivity index (χ3n) is 3.79. The molecule has 2 aromatic rings. The van der Waals surface area contributed by atoms with Crippen LogP contribution in [0.4, 0.5) is 0 Å². The number of aromatic nitrogens is 3. The summed E-state index contributed by atoms with van der Waals surface area (Å²) in [5.41, 5.74) is 0.750. The number of carbonyl (C=O) groups is 3. The van der Waals surface area contributed by atoms with Gasteiger partial charge in [-0.2, -0.15) is 5.10 Å². The summed E-state index contributed by atoms with van der Waals surface area (Å²) in [6.45, 7) is 7.15. The zero-order chi connectivity index (χ0) is 21.7. The zero-order valence-corrected chi connectivity index (χ0v) is 17.7. The molecule has 3 rings (SSSR count). The van der Waals surface area contributed by atoms with Crippen molar-refractivity contribution in [3.63, 3.8) is 0 Å². The minimum absolute atomic E-state index is 0.115. The summed E-state index contributed by atoms with van der Waals surface area (Å²) in [7, 11) is 1.63. The predicted molar refractivity (Wildman–Crippen MR) is 104 cm³/mol. The summed E-state index contributed by atoms with van der Waals surface area (Å²) in [4.78, 5) is 39.4. The highest BCUT2D eigenvalue weighted by Crippen LogP contribution is 2.25. The number of ether oxygens (including phenoxy) is 1. The van der Waals surface area contributed by atoms with Crippen molar-refractivity contribution in [2.45, 2.75) is 27.0 Å². The average Bonchev–Trinajstić information content (AvgIpc) is 3.23. The molecule has 0 atom stereocenters. The molecule has 0 aliphatic carbocycles. The molecule has 0 radical (unpaired) electrons. The van der Waals surface area contributed by atoms with Crippen LogP contribution in [0.25, 0.3) is 4.96 Å². The molecule has 2 aromatic heterocycles. The van der Waals surface area contributed by atoms with Crippen molar-refractivity contribution in [1.29, 1.82) is 0 Å². The van der Waals surface area contributed by atoms with Gasteiger partial charge in [0.2, 0.25) is 10.9 Å². The highest BCUT2D eigenvalue weighted by atomic mass is 35.5. The van der Waals surface area contributed by atoms with Crippen LogP contribution in [0.5, 0.6) is 0 Å². The van der Waals surface area contributed by atoms with Gasteiger partial charge in [-0.1, -0.05) is 36.8 Å². The highest BCUT2D eigenvalue weighted by Gasteiger charge is 2.29. The predicted octanol–water partition coefficient (Wildman–Crippen LogP) is 1.00. The number of nitrogens with zero attached hydrogens (tertiary/aromatic N) is 5. The number of amides is 1. The van der Waals surface area contributed by atoms with E-state index in [0.29, 0.717) is 37.4 Å². The van der Waals surface area contributed by atoms with Crippen LogP contribution in [0, 0.1) is 5.92 Å². The quantitative estimate of drug-likeness (QED) is 0.621. The molecule has 1 aliphatic rings. The van der Waals surface area contributed by atoms with E-state index < -0.39 is 11.9 Å². The van der Waals surface area contributed by atoms with E-state index in [2.05, 4.69) is 28.8 Å². The van der Waals surface area contributed by atoms with E-state index >= 15 is 0 Å². The maximum absolute atomic E-state index is 12.2. The Balaban J connectivity index is 0.000000438. The SMILES string of the molecule is COCc1nn2c(CN3CN(CC(C)C)CC3=O)c(Cl)nc2s1.O=C(O)C(=O)O. The number of carboxylic acid groups (broad SMARTS) is 2. The highest BCUT2D eigenvalue weighted by molar-refractivity contribution is 7.16. The Kier molecular flexibility index (Phi) is 7.90. The number of methoxy groups -OCH3 is 1. The van der Waals surface area contributed by atoms with Crippen molar-refractivity contribution >= 4 is 45.7 Å². The molecule has 1 fully saturated rings.